The molecule has 0 unspecified atom stereocenters. The Kier molecular flexibility index (Phi) is 9.04. The van der Waals surface area contributed by atoms with Crippen molar-refractivity contribution in [2.45, 2.75) is 9.79 Å². The van der Waals surface area contributed by atoms with E-state index in [1.54, 1.807) is 12.1 Å². The number of anilines is 2. The number of nitrogens with zero attached hydrogens (tertiary/aromatic N) is 2. The maximum absolute atomic E-state index is 13.6. The van der Waals surface area contributed by atoms with Gasteiger partial charge in [0.25, 0.3) is 10.0 Å². The van der Waals surface area contributed by atoms with Gasteiger partial charge in [0, 0.05) is 23.1 Å². The lowest BCUT2D eigenvalue weighted by molar-refractivity contribution is -0.114. The average molecular weight is 615 g/mol. The van der Waals surface area contributed by atoms with Crippen LogP contribution in [0.2, 0.25) is 10.0 Å². The first-order valence-corrected chi connectivity index (χ1v) is 15.3. The lowest BCUT2D eigenvalue weighted by Crippen LogP contribution is -2.40. The standard InChI is InChI=1S/C25H25Cl2N3O7S2/c1-36-24-10-9-22(38(32,33)29-11-13-37-14-12-29)16-23(24)28-25(31)17-30(20-4-2-3-19(27)15-20)39(34,35)21-7-5-18(26)6-8-21/h2-10,15-16H,11-14,17H2,1H3,(H,28,31). The number of rotatable bonds is 9. The number of hydrogen-bond donors (Lipinski definition) is 1. The highest BCUT2D eigenvalue weighted by molar-refractivity contribution is 7.92. The van der Waals surface area contributed by atoms with Gasteiger partial charge in [0.05, 0.1) is 41.5 Å². The highest BCUT2D eigenvalue weighted by atomic mass is 35.5. The van der Waals surface area contributed by atoms with Gasteiger partial charge in [-0.2, -0.15) is 4.31 Å². The van der Waals surface area contributed by atoms with Crippen molar-refractivity contribution in [1.29, 1.82) is 0 Å². The van der Waals surface area contributed by atoms with Crippen LogP contribution in [0.4, 0.5) is 11.4 Å². The second-order valence-electron chi connectivity index (χ2n) is 8.37. The first kappa shape index (κ1) is 29.1. The Morgan fingerprint density at radius 1 is 0.949 bits per heavy atom. The number of nitrogens with one attached hydrogen (secondary N) is 1. The second-order valence-corrected chi connectivity index (χ2v) is 13.0. The van der Waals surface area contributed by atoms with Crippen LogP contribution in [0.1, 0.15) is 0 Å². The van der Waals surface area contributed by atoms with Crippen LogP contribution in [-0.4, -0.2) is 67.0 Å². The monoisotopic (exact) mass is 613 g/mol. The summed E-state index contributed by atoms with van der Waals surface area (Å²) >= 11 is 12.0. The molecule has 1 fully saturated rings. The number of ether oxygens (including phenoxy) is 2. The number of benzene rings is 3. The summed E-state index contributed by atoms with van der Waals surface area (Å²) in [7, 11) is -6.73. The topological polar surface area (TPSA) is 122 Å². The minimum atomic E-state index is -4.23. The summed E-state index contributed by atoms with van der Waals surface area (Å²) in [5, 5.41) is 3.21. The number of halogens is 2. The fourth-order valence-electron chi connectivity index (χ4n) is 3.88. The molecule has 0 aliphatic carbocycles. The highest BCUT2D eigenvalue weighted by Crippen LogP contribution is 2.31. The largest absolute Gasteiger partial charge is 0.495 e. The van der Waals surface area contributed by atoms with Crippen molar-refractivity contribution in [3.8, 4) is 5.75 Å². The minimum absolute atomic E-state index is 0.0546. The normalized spacial score (nSPS) is 14.5. The number of amides is 1. The summed E-state index contributed by atoms with van der Waals surface area (Å²) in [5.41, 5.74) is 0.218. The van der Waals surface area contributed by atoms with Crippen molar-refractivity contribution in [2.24, 2.45) is 0 Å². The van der Waals surface area contributed by atoms with Gasteiger partial charge < -0.3 is 14.8 Å². The van der Waals surface area contributed by atoms with Gasteiger partial charge in [-0.15, -0.1) is 0 Å². The number of methoxy groups -OCH3 is 1. The zero-order valence-electron chi connectivity index (χ0n) is 20.7. The molecule has 0 spiro atoms. The Hall–Kier alpha value is -2.87. The van der Waals surface area contributed by atoms with Crippen LogP contribution in [-0.2, 0) is 29.6 Å². The van der Waals surface area contributed by atoms with Gasteiger partial charge in [0.2, 0.25) is 15.9 Å². The molecule has 0 atom stereocenters. The lowest BCUT2D eigenvalue weighted by Gasteiger charge is -2.26. The fourth-order valence-corrected chi connectivity index (χ4v) is 7.04. The van der Waals surface area contributed by atoms with E-state index in [1.165, 1.54) is 66.0 Å². The molecular weight excluding hydrogens is 589 g/mol. The molecule has 0 saturated carbocycles. The molecule has 1 amide bonds. The number of morpholine rings is 1. The molecule has 1 heterocycles. The van der Waals surface area contributed by atoms with E-state index < -0.39 is 32.5 Å². The van der Waals surface area contributed by atoms with E-state index in [1.807, 2.05) is 0 Å². The molecule has 3 aromatic carbocycles. The van der Waals surface area contributed by atoms with E-state index in [-0.39, 0.29) is 58.2 Å². The first-order chi connectivity index (χ1) is 18.5. The molecule has 4 rings (SSSR count). The fraction of sp³-hybridized carbons (Fsp3) is 0.240. The number of sulfonamides is 2. The molecule has 1 aliphatic heterocycles. The molecule has 208 valence electrons. The van der Waals surface area contributed by atoms with Crippen LogP contribution in [0, 0.1) is 0 Å². The number of carbonyl (C=O) groups excluding carboxylic acids is 1. The third-order valence-electron chi connectivity index (χ3n) is 5.84. The van der Waals surface area contributed by atoms with Crippen molar-refractivity contribution < 1.29 is 31.1 Å². The van der Waals surface area contributed by atoms with Gasteiger partial charge in [-0.3, -0.25) is 9.10 Å². The molecule has 0 bridgehead atoms. The van der Waals surface area contributed by atoms with E-state index in [2.05, 4.69) is 5.32 Å². The second kappa shape index (κ2) is 12.1. The van der Waals surface area contributed by atoms with Crippen molar-refractivity contribution in [3.05, 3.63) is 76.8 Å². The highest BCUT2D eigenvalue weighted by Gasteiger charge is 2.30. The average Bonchev–Trinajstić information content (AvgIpc) is 2.92. The Morgan fingerprint density at radius 3 is 2.26 bits per heavy atom. The molecular formula is C25H25Cl2N3O7S2. The third kappa shape index (κ3) is 6.65. The lowest BCUT2D eigenvalue weighted by atomic mass is 10.3. The van der Waals surface area contributed by atoms with Gasteiger partial charge >= 0.3 is 0 Å². The molecule has 1 aliphatic rings. The van der Waals surface area contributed by atoms with Crippen molar-refractivity contribution in [1.82, 2.24) is 4.31 Å². The Balaban J connectivity index is 1.65. The predicted octanol–water partition coefficient (Wildman–Crippen LogP) is 3.86. The van der Waals surface area contributed by atoms with Gasteiger partial charge in [-0.05, 0) is 60.7 Å². The van der Waals surface area contributed by atoms with Gasteiger partial charge in [0.15, 0.2) is 0 Å². The summed E-state index contributed by atoms with van der Waals surface area (Å²) in [4.78, 5) is 13.1. The van der Waals surface area contributed by atoms with Crippen molar-refractivity contribution in [2.75, 3.05) is 49.6 Å². The van der Waals surface area contributed by atoms with Crippen LogP contribution in [0.3, 0.4) is 0 Å². The van der Waals surface area contributed by atoms with E-state index in [0.29, 0.717) is 5.02 Å². The van der Waals surface area contributed by atoms with E-state index in [0.717, 1.165) is 4.31 Å². The van der Waals surface area contributed by atoms with Crippen LogP contribution in [0.5, 0.6) is 5.75 Å². The van der Waals surface area contributed by atoms with E-state index >= 15 is 0 Å². The Labute approximate surface area is 237 Å². The molecule has 10 nitrogen and oxygen atoms in total. The number of hydrogen-bond acceptors (Lipinski definition) is 7. The molecule has 0 radical (unpaired) electrons. The van der Waals surface area contributed by atoms with Crippen LogP contribution >= 0.6 is 23.2 Å². The maximum Gasteiger partial charge on any atom is 0.264 e. The summed E-state index contributed by atoms with van der Waals surface area (Å²) in [5.74, 6) is -0.550. The Morgan fingerprint density at radius 2 is 1.62 bits per heavy atom. The quantitative estimate of drug-likeness (QED) is 0.389. The van der Waals surface area contributed by atoms with Gasteiger partial charge in [-0.1, -0.05) is 29.3 Å². The molecule has 39 heavy (non-hydrogen) atoms. The summed E-state index contributed by atoms with van der Waals surface area (Å²) in [6.07, 6.45) is 0. The van der Waals surface area contributed by atoms with Gasteiger partial charge in [-0.25, -0.2) is 16.8 Å². The minimum Gasteiger partial charge on any atom is -0.495 e. The summed E-state index contributed by atoms with van der Waals surface area (Å²) in [6.45, 7) is 0.316. The van der Waals surface area contributed by atoms with Crippen molar-refractivity contribution in [3.63, 3.8) is 0 Å². The summed E-state index contributed by atoms with van der Waals surface area (Å²) < 4.78 is 66.2. The summed E-state index contributed by atoms with van der Waals surface area (Å²) in [6, 6.07) is 15.6. The smallest absolute Gasteiger partial charge is 0.264 e. The maximum atomic E-state index is 13.6. The van der Waals surface area contributed by atoms with Crippen LogP contribution in [0.15, 0.2) is 76.5 Å². The van der Waals surface area contributed by atoms with E-state index in [4.69, 9.17) is 32.7 Å². The first-order valence-electron chi connectivity index (χ1n) is 11.6. The Bertz CT molecular complexity index is 1560. The molecule has 1 saturated heterocycles. The molecule has 14 heteroatoms. The van der Waals surface area contributed by atoms with Crippen LogP contribution in [0.25, 0.3) is 0 Å². The third-order valence-corrected chi connectivity index (χ3v) is 10.0. The molecule has 3 aromatic rings. The van der Waals surface area contributed by atoms with Crippen LogP contribution < -0.4 is 14.4 Å². The number of carbonyl (C=O) groups is 1. The molecule has 0 aromatic heterocycles. The zero-order chi connectivity index (χ0) is 28.2. The van der Waals surface area contributed by atoms with E-state index in [9.17, 15) is 21.6 Å². The predicted molar refractivity (Wildman–Crippen MR) is 149 cm³/mol. The SMILES string of the molecule is COc1ccc(S(=O)(=O)N2CCOCC2)cc1NC(=O)CN(c1cccc(Cl)c1)S(=O)(=O)c1ccc(Cl)cc1. The van der Waals surface area contributed by atoms with Gasteiger partial charge in [0.1, 0.15) is 12.3 Å². The zero-order valence-corrected chi connectivity index (χ0v) is 23.9. The van der Waals surface area contributed by atoms with Crippen molar-refractivity contribution >= 4 is 60.5 Å². The molecule has 1 N–H and O–H groups in total.